The maximum absolute atomic E-state index is 12.3. The van der Waals surface area contributed by atoms with E-state index in [1.807, 2.05) is 76.2 Å². The molecule has 5 heteroatoms. The van der Waals surface area contributed by atoms with Gasteiger partial charge in [0, 0.05) is 12.1 Å². The first kappa shape index (κ1) is 22.0. The van der Waals surface area contributed by atoms with E-state index in [2.05, 4.69) is 5.32 Å². The van der Waals surface area contributed by atoms with Gasteiger partial charge >= 0.3 is 0 Å². The first-order chi connectivity index (χ1) is 11.7. The standard InChI is InChI=1S/C21H28N2O2.ClH/c1-15-10-11-17(19(12-15)25-21(2,3)4)14-23-20(24)18(22)13-16-8-6-5-7-9-16;/h5-12,18H,13-14,22H2,1-4H3,(H,23,24);1H/t18-;/m0./s1. The monoisotopic (exact) mass is 376 g/mol. The fourth-order valence-corrected chi connectivity index (χ4v) is 2.51. The number of rotatable bonds is 6. The van der Waals surface area contributed by atoms with Crippen LogP contribution in [0.15, 0.2) is 48.5 Å². The van der Waals surface area contributed by atoms with Crippen molar-refractivity contribution < 1.29 is 9.53 Å². The maximum Gasteiger partial charge on any atom is 0.237 e. The summed E-state index contributed by atoms with van der Waals surface area (Å²) in [6.45, 7) is 8.44. The van der Waals surface area contributed by atoms with Crippen molar-refractivity contribution in [2.45, 2.75) is 52.3 Å². The van der Waals surface area contributed by atoms with Crippen LogP contribution in [0.25, 0.3) is 0 Å². The molecule has 1 amide bonds. The molecule has 0 radical (unpaired) electrons. The van der Waals surface area contributed by atoms with Gasteiger partial charge in [-0.2, -0.15) is 0 Å². The molecule has 0 aliphatic carbocycles. The molecule has 0 aromatic heterocycles. The molecule has 3 N–H and O–H groups in total. The molecule has 0 unspecified atom stereocenters. The van der Waals surface area contributed by atoms with Crippen LogP contribution in [0, 0.1) is 6.92 Å². The number of nitrogens with two attached hydrogens (primary N) is 1. The van der Waals surface area contributed by atoms with Crippen LogP contribution in [0.5, 0.6) is 5.75 Å². The predicted molar refractivity (Wildman–Crippen MR) is 109 cm³/mol. The molecule has 1 atom stereocenters. The predicted octanol–water partition coefficient (Wildman–Crippen LogP) is 3.78. The highest BCUT2D eigenvalue weighted by Crippen LogP contribution is 2.24. The zero-order valence-electron chi connectivity index (χ0n) is 15.9. The number of hydrogen-bond donors (Lipinski definition) is 2. The molecule has 2 aromatic rings. The van der Waals surface area contributed by atoms with Crippen molar-refractivity contribution in [1.82, 2.24) is 5.32 Å². The Balaban J connectivity index is 0.00000338. The van der Waals surface area contributed by atoms with E-state index in [-0.39, 0.29) is 23.9 Å². The van der Waals surface area contributed by atoms with Gasteiger partial charge in [-0.1, -0.05) is 42.5 Å². The van der Waals surface area contributed by atoms with Crippen LogP contribution in [-0.4, -0.2) is 17.6 Å². The average Bonchev–Trinajstić information content (AvgIpc) is 2.53. The van der Waals surface area contributed by atoms with Crippen LogP contribution >= 0.6 is 12.4 Å². The lowest BCUT2D eigenvalue weighted by atomic mass is 10.1. The van der Waals surface area contributed by atoms with Crippen LogP contribution in [0.4, 0.5) is 0 Å². The molecule has 0 spiro atoms. The van der Waals surface area contributed by atoms with Crippen LogP contribution in [0.2, 0.25) is 0 Å². The summed E-state index contributed by atoms with van der Waals surface area (Å²) in [6, 6.07) is 15.2. The summed E-state index contributed by atoms with van der Waals surface area (Å²) in [4.78, 5) is 12.3. The first-order valence-corrected chi connectivity index (χ1v) is 8.60. The van der Waals surface area contributed by atoms with E-state index in [4.69, 9.17) is 10.5 Å². The lowest BCUT2D eigenvalue weighted by Crippen LogP contribution is -2.41. The van der Waals surface area contributed by atoms with E-state index in [1.54, 1.807) is 0 Å². The van der Waals surface area contributed by atoms with Gasteiger partial charge in [0.25, 0.3) is 0 Å². The molecule has 0 fully saturated rings. The van der Waals surface area contributed by atoms with E-state index in [0.717, 1.165) is 22.4 Å². The Morgan fingerprint density at radius 1 is 1.15 bits per heavy atom. The van der Waals surface area contributed by atoms with Crippen LogP contribution in [-0.2, 0) is 17.8 Å². The van der Waals surface area contributed by atoms with E-state index < -0.39 is 6.04 Å². The molecule has 0 aliphatic rings. The summed E-state index contributed by atoms with van der Waals surface area (Å²) in [6.07, 6.45) is 0.520. The summed E-state index contributed by atoms with van der Waals surface area (Å²) < 4.78 is 6.02. The van der Waals surface area contributed by atoms with Gasteiger partial charge in [-0.05, 0) is 51.3 Å². The van der Waals surface area contributed by atoms with Crippen LogP contribution < -0.4 is 15.8 Å². The molecule has 0 aliphatic heterocycles. The second kappa shape index (κ2) is 9.60. The third kappa shape index (κ3) is 7.06. The smallest absolute Gasteiger partial charge is 0.237 e. The minimum Gasteiger partial charge on any atom is -0.488 e. The summed E-state index contributed by atoms with van der Waals surface area (Å²) in [5, 5.41) is 2.92. The van der Waals surface area contributed by atoms with Crippen molar-refractivity contribution in [3.05, 3.63) is 65.2 Å². The molecule has 0 saturated heterocycles. The molecule has 2 aromatic carbocycles. The Morgan fingerprint density at radius 2 is 1.81 bits per heavy atom. The Labute approximate surface area is 162 Å². The lowest BCUT2D eigenvalue weighted by molar-refractivity contribution is -0.122. The van der Waals surface area contributed by atoms with Crippen molar-refractivity contribution in [3.63, 3.8) is 0 Å². The number of hydrogen-bond acceptors (Lipinski definition) is 3. The number of halogens is 1. The molecule has 4 nitrogen and oxygen atoms in total. The van der Waals surface area contributed by atoms with Gasteiger partial charge in [0.1, 0.15) is 11.4 Å². The minimum absolute atomic E-state index is 0. The van der Waals surface area contributed by atoms with Gasteiger partial charge in [0.2, 0.25) is 5.91 Å². The molecule has 2 rings (SSSR count). The van der Waals surface area contributed by atoms with Crippen molar-refractivity contribution >= 4 is 18.3 Å². The maximum atomic E-state index is 12.3. The second-order valence-electron chi connectivity index (χ2n) is 7.34. The topological polar surface area (TPSA) is 64.4 Å². The van der Waals surface area contributed by atoms with E-state index in [1.165, 1.54) is 0 Å². The highest BCUT2D eigenvalue weighted by Gasteiger charge is 2.17. The highest BCUT2D eigenvalue weighted by atomic mass is 35.5. The van der Waals surface area contributed by atoms with Crippen molar-refractivity contribution in [1.29, 1.82) is 0 Å². The van der Waals surface area contributed by atoms with Gasteiger partial charge in [-0.15, -0.1) is 12.4 Å². The van der Waals surface area contributed by atoms with Gasteiger partial charge in [-0.3, -0.25) is 4.79 Å². The molecular formula is C21H29ClN2O2. The Morgan fingerprint density at radius 3 is 2.42 bits per heavy atom. The third-order valence-electron chi connectivity index (χ3n) is 3.73. The number of carbonyl (C=O) groups excluding carboxylic acids is 1. The number of aryl methyl sites for hydroxylation is 1. The van der Waals surface area contributed by atoms with Gasteiger partial charge in [-0.25, -0.2) is 0 Å². The van der Waals surface area contributed by atoms with Gasteiger partial charge in [0.05, 0.1) is 6.04 Å². The fraction of sp³-hybridized carbons (Fsp3) is 0.381. The summed E-state index contributed by atoms with van der Waals surface area (Å²) >= 11 is 0. The number of ether oxygens (including phenoxy) is 1. The van der Waals surface area contributed by atoms with E-state index in [9.17, 15) is 4.79 Å². The number of nitrogens with one attached hydrogen (secondary N) is 1. The van der Waals surface area contributed by atoms with E-state index >= 15 is 0 Å². The Hall–Kier alpha value is -2.04. The largest absolute Gasteiger partial charge is 0.488 e. The summed E-state index contributed by atoms with van der Waals surface area (Å²) in [7, 11) is 0. The number of benzene rings is 2. The lowest BCUT2D eigenvalue weighted by Gasteiger charge is -2.24. The Kier molecular flexibility index (Phi) is 8.12. The van der Waals surface area contributed by atoms with Crippen LogP contribution in [0.3, 0.4) is 0 Å². The highest BCUT2D eigenvalue weighted by molar-refractivity contribution is 5.85. The normalized spacial score (nSPS) is 12.0. The average molecular weight is 377 g/mol. The molecule has 0 saturated carbocycles. The molecular weight excluding hydrogens is 348 g/mol. The van der Waals surface area contributed by atoms with Crippen molar-refractivity contribution in [3.8, 4) is 5.75 Å². The molecule has 26 heavy (non-hydrogen) atoms. The zero-order chi connectivity index (χ0) is 18.4. The number of amides is 1. The third-order valence-corrected chi connectivity index (χ3v) is 3.73. The fourth-order valence-electron chi connectivity index (χ4n) is 2.51. The van der Waals surface area contributed by atoms with Crippen molar-refractivity contribution in [2.75, 3.05) is 0 Å². The van der Waals surface area contributed by atoms with Gasteiger partial charge in [0.15, 0.2) is 0 Å². The summed E-state index contributed by atoms with van der Waals surface area (Å²) in [5.74, 6) is 0.635. The second-order valence-corrected chi connectivity index (χ2v) is 7.34. The van der Waals surface area contributed by atoms with E-state index in [0.29, 0.717) is 13.0 Å². The summed E-state index contributed by atoms with van der Waals surface area (Å²) in [5.41, 5.74) is 8.86. The zero-order valence-corrected chi connectivity index (χ0v) is 16.7. The minimum atomic E-state index is -0.570. The Bertz CT molecular complexity index is 712. The van der Waals surface area contributed by atoms with Gasteiger partial charge < -0.3 is 15.8 Å². The van der Waals surface area contributed by atoms with Crippen molar-refractivity contribution in [2.24, 2.45) is 5.73 Å². The molecule has 0 bridgehead atoms. The first-order valence-electron chi connectivity index (χ1n) is 8.60. The SMILES string of the molecule is Cc1ccc(CNC(=O)[C@@H](N)Cc2ccccc2)c(OC(C)(C)C)c1.Cl. The molecule has 142 valence electrons. The molecule has 0 heterocycles. The number of carbonyl (C=O) groups is 1. The quantitative estimate of drug-likeness (QED) is 0.806. The van der Waals surface area contributed by atoms with Crippen LogP contribution in [0.1, 0.15) is 37.5 Å².